The summed E-state index contributed by atoms with van der Waals surface area (Å²) in [6, 6.07) is 6.59. The third-order valence-electron chi connectivity index (χ3n) is 3.00. The lowest BCUT2D eigenvalue weighted by Crippen LogP contribution is -1.90. The highest BCUT2D eigenvalue weighted by Gasteiger charge is 2.08. The number of fused-ring (bicyclic) bond motifs is 1. The molecule has 1 nitrogen and oxygen atoms in total. The number of benzene rings is 1. The second-order valence-electron chi connectivity index (χ2n) is 4.05. The van der Waals surface area contributed by atoms with Crippen molar-refractivity contribution in [1.82, 2.24) is 4.57 Å². The van der Waals surface area contributed by atoms with Crippen LogP contribution in [0.25, 0.3) is 10.9 Å². The second-order valence-corrected chi connectivity index (χ2v) is 5.32. The first-order chi connectivity index (χ1) is 7.77. The predicted molar refractivity (Wildman–Crippen MR) is 74.2 cm³/mol. The van der Waals surface area contributed by atoms with Gasteiger partial charge in [-0.05, 0) is 36.8 Å². The summed E-state index contributed by atoms with van der Waals surface area (Å²) in [6.07, 6.45) is 2.32. The first-order valence-corrected chi connectivity index (χ1v) is 7.08. The van der Waals surface area contributed by atoms with E-state index in [1.165, 1.54) is 27.8 Å². The maximum atomic E-state index is 2.36. The van der Waals surface area contributed by atoms with Crippen LogP contribution in [0.2, 0.25) is 0 Å². The van der Waals surface area contributed by atoms with Crippen LogP contribution in [0.15, 0.2) is 24.4 Å². The van der Waals surface area contributed by atoms with Crippen molar-refractivity contribution in [2.45, 2.75) is 33.1 Å². The molecule has 1 aromatic heterocycles. The molecule has 0 spiro atoms. The Hall–Kier alpha value is -0.890. The van der Waals surface area contributed by atoms with Gasteiger partial charge in [-0.15, -0.1) is 0 Å². The van der Waals surface area contributed by atoms with Crippen LogP contribution in [0.3, 0.4) is 0 Å². The fourth-order valence-electron chi connectivity index (χ4n) is 2.21. The molecule has 2 heteroatoms. The monoisotopic (exact) mass is 233 g/mol. The van der Waals surface area contributed by atoms with E-state index in [4.69, 9.17) is 0 Å². The standard InChI is InChI=1S/C14H19NS/c1-4-15-9-12(10-16-5-2)14-11(3)7-6-8-13(14)15/h6-9H,4-5,10H2,1-3H3. The smallest absolute Gasteiger partial charge is 0.0486 e. The van der Waals surface area contributed by atoms with Gasteiger partial charge in [0.05, 0.1) is 0 Å². The molecular weight excluding hydrogens is 214 g/mol. The zero-order valence-electron chi connectivity index (χ0n) is 10.3. The van der Waals surface area contributed by atoms with Crippen LogP contribution in [0.5, 0.6) is 0 Å². The molecule has 0 fully saturated rings. The van der Waals surface area contributed by atoms with E-state index in [0.29, 0.717) is 0 Å². The molecular formula is C14H19NS. The molecule has 2 rings (SSSR count). The van der Waals surface area contributed by atoms with Gasteiger partial charge >= 0.3 is 0 Å². The lowest BCUT2D eigenvalue weighted by atomic mass is 10.1. The number of nitrogens with zero attached hydrogens (tertiary/aromatic N) is 1. The zero-order valence-corrected chi connectivity index (χ0v) is 11.1. The van der Waals surface area contributed by atoms with Crippen LogP contribution in [0.1, 0.15) is 25.0 Å². The van der Waals surface area contributed by atoms with E-state index in [1.807, 2.05) is 11.8 Å². The zero-order chi connectivity index (χ0) is 11.5. The van der Waals surface area contributed by atoms with E-state index < -0.39 is 0 Å². The van der Waals surface area contributed by atoms with Gasteiger partial charge in [-0.25, -0.2) is 0 Å². The van der Waals surface area contributed by atoms with Crippen molar-refractivity contribution in [2.75, 3.05) is 5.75 Å². The average molecular weight is 233 g/mol. The molecule has 0 saturated carbocycles. The summed E-state index contributed by atoms with van der Waals surface area (Å²) in [6.45, 7) is 7.69. The van der Waals surface area contributed by atoms with E-state index in [1.54, 1.807) is 0 Å². The van der Waals surface area contributed by atoms with Gasteiger partial charge in [0.1, 0.15) is 0 Å². The lowest BCUT2D eigenvalue weighted by Gasteiger charge is -2.01. The summed E-state index contributed by atoms with van der Waals surface area (Å²) < 4.78 is 2.36. The first-order valence-electron chi connectivity index (χ1n) is 5.93. The van der Waals surface area contributed by atoms with Crippen LogP contribution in [-0.2, 0) is 12.3 Å². The molecule has 0 unspecified atom stereocenters. The maximum Gasteiger partial charge on any atom is 0.0486 e. The Morgan fingerprint density at radius 2 is 2.06 bits per heavy atom. The van der Waals surface area contributed by atoms with Crippen molar-refractivity contribution in [3.05, 3.63) is 35.5 Å². The summed E-state index contributed by atoms with van der Waals surface area (Å²) >= 11 is 2.00. The van der Waals surface area contributed by atoms with Crippen molar-refractivity contribution in [3.8, 4) is 0 Å². The van der Waals surface area contributed by atoms with E-state index >= 15 is 0 Å². The summed E-state index contributed by atoms with van der Waals surface area (Å²) in [5.74, 6) is 2.32. The van der Waals surface area contributed by atoms with E-state index in [9.17, 15) is 0 Å². The maximum absolute atomic E-state index is 2.36. The van der Waals surface area contributed by atoms with Crippen molar-refractivity contribution in [2.24, 2.45) is 0 Å². The predicted octanol–water partition coefficient (Wildman–Crippen LogP) is 4.22. The molecule has 0 aliphatic carbocycles. The molecule has 0 aliphatic rings. The van der Waals surface area contributed by atoms with Gasteiger partial charge in [0.15, 0.2) is 0 Å². The fourth-order valence-corrected chi connectivity index (χ4v) is 2.86. The molecule has 0 bridgehead atoms. The van der Waals surface area contributed by atoms with E-state index in [-0.39, 0.29) is 0 Å². The van der Waals surface area contributed by atoms with Crippen LogP contribution in [0, 0.1) is 6.92 Å². The molecule has 2 aromatic rings. The van der Waals surface area contributed by atoms with Gasteiger partial charge in [0, 0.05) is 29.4 Å². The topological polar surface area (TPSA) is 4.93 Å². The van der Waals surface area contributed by atoms with Crippen LogP contribution in [0.4, 0.5) is 0 Å². The van der Waals surface area contributed by atoms with Crippen LogP contribution in [-0.4, -0.2) is 10.3 Å². The lowest BCUT2D eigenvalue weighted by molar-refractivity contribution is 0.795. The Balaban J connectivity index is 2.55. The summed E-state index contributed by atoms with van der Waals surface area (Å²) in [7, 11) is 0. The molecule has 0 aliphatic heterocycles. The van der Waals surface area contributed by atoms with Crippen molar-refractivity contribution < 1.29 is 0 Å². The summed E-state index contributed by atoms with van der Waals surface area (Å²) in [5.41, 5.74) is 4.27. The minimum absolute atomic E-state index is 1.05. The number of thioether (sulfide) groups is 1. The molecule has 0 saturated heterocycles. The first kappa shape index (κ1) is 11.6. The molecule has 1 heterocycles. The number of hydrogen-bond donors (Lipinski definition) is 0. The fraction of sp³-hybridized carbons (Fsp3) is 0.429. The number of hydrogen-bond acceptors (Lipinski definition) is 1. The van der Waals surface area contributed by atoms with Crippen LogP contribution < -0.4 is 0 Å². The molecule has 86 valence electrons. The molecule has 0 amide bonds. The molecule has 0 N–H and O–H groups in total. The minimum Gasteiger partial charge on any atom is -0.347 e. The summed E-state index contributed by atoms with van der Waals surface area (Å²) in [5, 5.41) is 1.46. The van der Waals surface area contributed by atoms with Crippen molar-refractivity contribution >= 4 is 22.7 Å². The Morgan fingerprint density at radius 1 is 1.25 bits per heavy atom. The largest absolute Gasteiger partial charge is 0.347 e. The third-order valence-corrected chi connectivity index (χ3v) is 3.92. The number of aromatic nitrogens is 1. The van der Waals surface area contributed by atoms with Crippen molar-refractivity contribution in [3.63, 3.8) is 0 Å². The van der Waals surface area contributed by atoms with Gasteiger partial charge in [-0.1, -0.05) is 19.1 Å². The quantitative estimate of drug-likeness (QED) is 0.765. The summed E-state index contributed by atoms with van der Waals surface area (Å²) in [4.78, 5) is 0. The highest BCUT2D eigenvalue weighted by atomic mass is 32.2. The minimum atomic E-state index is 1.05. The SMILES string of the molecule is CCSCc1cn(CC)c2cccc(C)c12. The Bertz CT molecular complexity index is 485. The average Bonchev–Trinajstić information content (AvgIpc) is 2.66. The van der Waals surface area contributed by atoms with Gasteiger partial charge in [0.25, 0.3) is 0 Å². The second kappa shape index (κ2) is 4.96. The number of rotatable bonds is 4. The van der Waals surface area contributed by atoms with Gasteiger partial charge < -0.3 is 4.57 Å². The third kappa shape index (κ3) is 1.99. The van der Waals surface area contributed by atoms with Crippen LogP contribution >= 0.6 is 11.8 Å². The van der Waals surface area contributed by atoms with Gasteiger partial charge in [0.2, 0.25) is 0 Å². The van der Waals surface area contributed by atoms with Gasteiger partial charge in [-0.3, -0.25) is 0 Å². The normalized spacial score (nSPS) is 11.2. The highest BCUT2D eigenvalue weighted by Crippen LogP contribution is 2.27. The molecule has 0 radical (unpaired) electrons. The molecule has 1 aromatic carbocycles. The molecule has 0 atom stereocenters. The van der Waals surface area contributed by atoms with E-state index in [0.717, 1.165) is 12.3 Å². The van der Waals surface area contributed by atoms with Crippen molar-refractivity contribution in [1.29, 1.82) is 0 Å². The number of aryl methyl sites for hydroxylation is 2. The molecule has 16 heavy (non-hydrogen) atoms. The Kier molecular flexibility index (Phi) is 3.59. The highest BCUT2D eigenvalue weighted by molar-refractivity contribution is 7.98. The van der Waals surface area contributed by atoms with Gasteiger partial charge in [-0.2, -0.15) is 11.8 Å². The Morgan fingerprint density at radius 3 is 2.75 bits per heavy atom. The van der Waals surface area contributed by atoms with E-state index in [2.05, 4.69) is 49.7 Å². The Labute approximate surface area is 102 Å².